The molecular weight excluding hydrogens is 288 g/mol. The van der Waals surface area contributed by atoms with Gasteiger partial charge in [-0.25, -0.2) is 4.79 Å². The van der Waals surface area contributed by atoms with Crippen LogP contribution in [-0.4, -0.2) is 37.6 Å². The molecule has 1 heterocycles. The smallest absolute Gasteiger partial charge is 0.337 e. The molecule has 3 rings (SSSR count). The molecule has 0 aliphatic carbocycles. The van der Waals surface area contributed by atoms with E-state index in [-0.39, 0.29) is 12.0 Å². The maximum absolute atomic E-state index is 11.7. The van der Waals surface area contributed by atoms with Gasteiger partial charge in [-0.1, -0.05) is 42.5 Å². The van der Waals surface area contributed by atoms with Crippen molar-refractivity contribution in [3.05, 3.63) is 71.3 Å². The largest absolute Gasteiger partial charge is 0.465 e. The molecular formula is C19H22N2O2. The Bertz CT molecular complexity index is 657. The highest BCUT2D eigenvalue weighted by molar-refractivity contribution is 5.89. The van der Waals surface area contributed by atoms with Crippen molar-refractivity contribution in [2.75, 3.05) is 26.7 Å². The number of methoxy groups -OCH3 is 1. The van der Waals surface area contributed by atoms with Crippen molar-refractivity contribution in [1.82, 2.24) is 10.2 Å². The van der Waals surface area contributed by atoms with Crippen LogP contribution in [0.3, 0.4) is 0 Å². The zero-order valence-electron chi connectivity index (χ0n) is 13.4. The number of rotatable bonds is 4. The third kappa shape index (κ3) is 3.97. The average Bonchev–Trinajstić information content (AvgIpc) is 2.62. The highest BCUT2D eigenvalue weighted by Crippen LogP contribution is 2.20. The van der Waals surface area contributed by atoms with Gasteiger partial charge in [0.05, 0.1) is 12.7 Å². The van der Waals surface area contributed by atoms with Gasteiger partial charge >= 0.3 is 5.97 Å². The molecule has 0 saturated carbocycles. The van der Waals surface area contributed by atoms with E-state index in [1.54, 1.807) is 6.07 Å². The van der Waals surface area contributed by atoms with E-state index >= 15 is 0 Å². The SMILES string of the molecule is COC(=O)c1cccc(C2CN(Cc3ccccc3)CCN2)c1. The van der Waals surface area contributed by atoms with Crippen molar-refractivity contribution < 1.29 is 9.53 Å². The second-order valence-electron chi connectivity index (χ2n) is 5.84. The fourth-order valence-electron chi connectivity index (χ4n) is 3.02. The normalized spacial score (nSPS) is 18.6. The first kappa shape index (κ1) is 15.7. The number of hydrogen-bond acceptors (Lipinski definition) is 4. The zero-order valence-corrected chi connectivity index (χ0v) is 13.4. The first-order valence-corrected chi connectivity index (χ1v) is 7.94. The van der Waals surface area contributed by atoms with Crippen molar-refractivity contribution in [3.63, 3.8) is 0 Å². The molecule has 1 aliphatic rings. The van der Waals surface area contributed by atoms with Gasteiger partial charge in [0.15, 0.2) is 0 Å². The minimum absolute atomic E-state index is 0.233. The number of carbonyl (C=O) groups excluding carboxylic acids is 1. The van der Waals surface area contributed by atoms with Crippen molar-refractivity contribution in [2.24, 2.45) is 0 Å². The molecule has 0 bridgehead atoms. The summed E-state index contributed by atoms with van der Waals surface area (Å²) in [6.07, 6.45) is 0. The Kier molecular flexibility index (Phi) is 5.05. The summed E-state index contributed by atoms with van der Waals surface area (Å²) in [5.41, 5.74) is 3.06. The van der Waals surface area contributed by atoms with Crippen LogP contribution in [0.5, 0.6) is 0 Å². The van der Waals surface area contributed by atoms with E-state index in [4.69, 9.17) is 4.74 Å². The molecule has 1 unspecified atom stereocenters. The monoisotopic (exact) mass is 310 g/mol. The lowest BCUT2D eigenvalue weighted by Gasteiger charge is -2.34. The first-order chi connectivity index (χ1) is 11.3. The summed E-state index contributed by atoms with van der Waals surface area (Å²) >= 11 is 0. The Morgan fingerprint density at radius 3 is 2.83 bits per heavy atom. The molecule has 1 atom stereocenters. The lowest BCUT2D eigenvalue weighted by Crippen LogP contribution is -2.45. The number of hydrogen-bond donors (Lipinski definition) is 1. The van der Waals surface area contributed by atoms with E-state index in [9.17, 15) is 4.79 Å². The summed E-state index contributed by atoms with van der Waals surface area (Å²) in [5, 5.41) is 3.54. The standard InChI is InChI=1S/C19H22N2O2/c1-23-19(22)17-9-5-8-16(12-17)18-14-21(11-10-20-18)13-15-6-3-2-4-7-15/h2-9,12,18,20H,10-11,13-14H2,1H3. The third-order valence-electron chi connectivity index (χ3n) is 4.22. The van der Waals surface area contributed by atoms with Crippen molar-refractivity contribution in [1.29, 1.82) is 0 Å². The van der Waals surface area contributed by atoms with E-state index in [1.165, 1.54) is 12.7 Å². The van der Waals surface area contributed by atoms with Crippen LogP contribution in [0.4, 0.5) is 0 Å². The Hall–Kier alpha value is -2.17. The lowest BCUT2D eigenvalue weighted by atomic mass is 10.0. The summed E-state index contributed by atoms with van der Waals surface area (Å²) in [6, 6.07) is 18.5. The summed E-state index contributed by atoms with van der Waals surface area (Å²) < 4.78 is 4.81. The number of carbonyl (C=O) groups is 1. The van der Waals surface area contributed by atoms with E-state index in [0.29, 0.717) is 5.56 Å². The Morgan fingerprint density at radius 2 is 2.04 bits per heavy atom. The van der Waals surface area contributed by atoms with Gasteiger partial charge in [0.2, 0.25) is 0 Å². The quantitative estimate of drug-likeness (QED) is 0.882. The van der Waals surface area contributed by atoms with Gasteiger partial charge < -0.3 is 10.1 Å². The summed E-state index contributed by atoms with van der Waals surface area (Å²) in [7, 11) is 1.41. The average molecular weight is 310 g/mol. The van der Waals surface area contributed by atoms with Crippen molar-refractivity contribution in [2.45, 2.75) is 12.6 Å². The fourth-order valence-corrected chi connectivity index (χ4v) is 3.02. The highest BCUT2D eigenvalue weighted by Gasteiger charge is 2.21. The lowest BCUT2D eigenvalue weighted by molar-refractivity contribution is 0.0600. The van der Waals surface area contributed by atoms with Gasteiger partial charge in [-0.15, -0.1) is 0 Å². The van der Waals surface area contributed by atoms with Crippen LogP contribution in [-0.2, 0) is 11.3 Å². The zero-order chi connectivity index (χ0) is 16.1. The van der Waals surface area contributed by atoms with Gasteiger partial charge in [-0.3, -0.25) is 4.90 Å². The molecule has 1 fully saturated rings. The molecule has 2 aromatic carbocycles. The fraction of sp³-hybridized carbons (Fsp3) is 0.316. The van der Waals surface area contributed by atoms with Crippen LogP contribution in [0.25, 0.3) is 0 Å². The molecule has 4 heteroatoms. The summed E-state index contributed by atoms with van der Waals surface area (Å²) in [4.78, 5) is 14.1. The van der Waals surface area contributed by atoms with Crippen molar-refractivity contribution in [3.8, 4) is 0 Å². The van der Waals surface area contributed by atoms with Crippen LogP contribution in [0.2, 0.25) is 0 Å². The molecule has 1 N–H and O–H groups in total. The maximum atomic E-state index is 11.7. The number of benzene rings is 2. The maximum Gasteiger partial charge on any atom is 0.337 e. The molecule has 4 nitrogen and oxygen atoms in total. The van der Waals surface area contributed by atoms with Crippen LogP contribution in [0.1, 0.15) is 27.5 Å². The number of ether oxygens (including phenoxy) is 1. The van der Waals surface area contributed by atoms with Crippen LogP contribution in [0.15, 0.2) is 54.6 Å². The van der Waals surface area contributed by atoms with Gasteiger partial charge in [0, 0.05) is 32.2 Å². The van der Waals surface area contributed by atoms with Crippen molar-refractivity contribution >= 4 is 5.97 Å². The second kappa shape index (κ2) is 7.40. The molecule has 0 aromatic heterocycles. The topological polar surface area (TPSA) is 41.6 Å². The van der Waals surface area contributed by atoms with E-state index in [1.807, 2.05) is 18.2 Å². The number of esters is 1. The molecule has 0 radical (unpaired) electrons. The van der Waals surface area contributed by atoms with Crippen LogP contribution < -0.4 is 5.32 Å². The predicted octanol–water partition coefficient (Wildman–Crippen LogP) is 2.62. The van der Waals surface area contributed by atoms with E-state index in [0.717, 1.165) is 31.7 Å². The van der Waals surface area contributed by atoms with Gasteiger partial charge in [-0.05, 0) is 23.3 Å². The molecule has 0 spiro atoms. The Labute approximate surface area is 137 Å². The first-order valence-electron chi connectivity index (χ1n) is 7.94. The molecule has 2 aromatic rings. The molecule has 0 amide bonds. The summed E-state index contributed by atoms with van der Waals surface area (Å²) in [6.45, 7) is 3.86. The number of piperazine rings is 1. The molecule has 120 valence electrons. The minimum Gasteiger partial charge on any atom is -0.465 e. The molecule has 23 heavy (non-hydrogen) atoms. The van der Waals surface area contributed by atoms with Gasteiger partial charge in [-0.2, -0.15) is 0 Å². The van der Waals surface area contributed by atoms with Crippen LogP contribution >= 0.6 is 0 Å². The Balaban J connectivity index is 1.70. The number of nitrogens with zero attached hydrogens (tertiary/aromatic N) is 1. The van der Waals surface area contributed by atoms with Gasteiger partial charge in [0.25, 0.3) is 0 Å². The second-order valence-corrected chi connectivity index (χ2v) is 5.84. The molecule has 1 saturated heterocycles. The highest BCUT2D eigenvalue weighted by atomic mass is 16.5. The summed E-state index contributed by atoms with van der Waals surface area (Å²) in [5.74, 6) is -0.288. The predicted molar refractivity (Wildman–Crippen MR) is 90.2 cm³/mol. The third-order valence-corrected chi connectivity index (χ3v) is 4.22. The van der Waals surface area contributed by atoms with Crippen LogP contribution in [0, 0.1) is 0 Å². The van der Waals surface area contributed by atoms with Gasteiger partial charge in [0.1, 0.15) is 0 Å². The Morgan fingerprint density at radius 1 is 1.22 bits per heavy atom. The van der Waals surface area contributed by atoms with E-state index < -0.39 is 0 Å². The number of nitrogens with one attached hydrogen (secondary N) is 1. The van der Waals surface area contributed by atoms with E-state index in [2.05, 4.69) is 40.5 Å². The molecule has 1 aliphatic heterocycles. The minimum atomic E-state index is -0.288.